The van der Waals surface area contributed by atoms with Crippen LogP contribution >= 0.6 is 15.9 Å². The van der Waals surface area contributed by atoms with Crippen LogP contribution in [0.4, 0.5) is 4.79 Å². The van der Waals surface area contributed by atoms with Crippen LogP contribution in [0.15, 0.2) is 0 Å². The van der Waals surface area contributed by atoms with Crippen LogP contribution in [-0.4, -0.2) is 33.5 Å². The van der Waals surface area contributed by atoms with Crippen LogP contribution in [0.25, 0.3) is 0 Å². The minimum atomic E-state index is -0.380. The van der Waals surface area contributed by atoms with Crippen molar-refractivity contribution in [2.75, 3.05) is 0 Å². The van der Waals surface area contributed by atoms with Crippen LogP contribution in [0.1, 0.15) is 40.0 Å². The molecule has 2 heterocycles. The lowest BCUT2D eigenvalue weighted by Crippen LogP contribution is -2.63. The van der Waals surface area contributed by atoms with Crippen LogP contribution in [0, 0.1) is 0 Å². The first kappa shape index (κ1) is 11.2. The number of nitrogens with zero attached hydrogens (tertiary/aromatic N) is 1. The maximum atomic E-state index is 11.8. The molecule has 86 valence electrons. The molecule has 2 unspecified atom stereocenters. The van der Waals surface area contributed by atoms with Gasteiger partial charge in [-0.1, -0.05) is 15.9 Å². The molecule has 1 saturated carbocycles. The van der Waals surface area contributed by atoms with E-state index < -0.39 is 0 Å². The number of carbonyl (C=O) groups excluding carboxylic acids is 1. The summed E-state index contributed by atoms with van der Waals surface area (Å²) in [5.41, 5.74) is -0.380. The molecule has 2 bridgehead atoms. The summed E-state index contributed by atoms with van der Waals surface area (Å²) in [7, 11) is 0. The summed E-state index contributed by atoms with van der Waals surface area (Å²) in [6.45, 7) is 5.73. The van der Waals surface area contributed by atoms with Crippen LogP contribution < -0.4 is 0 Å². The molecule has 0 radical (unpaired) electrons. The second-order valence-electron chi connectivity index (χ2n) is 5.50. The number of alkyl halides is 1. The molecule has 1 amide bonds. The molecule has 2 atom stereocenters. The predicted molar refractivity (Wildman–Crippen MR) is 62.2 cm³/mol. The van der Waals surface area contributed by atoms with Gasteiger partial charge in [-0.2, -0.15) is 0 Å². The van der Waals surface area contributed by atoms with Crippen LogP contribution in [-0.2, 0) is 4.74 Å². The molecule has 3 fully saturated rings. The average Bonchev–Trinajstić information content (AvgIpc) is 1.98. The fourth-order valence-corrected chi connectivity index (χ4v) is 3.28. The molecule has 15 heavy (non-hydrogen) atoms. The fourth-order valence-electron chi connectivity index (χ4n) is 2.42. The maximum Gasteiger partial charge on any atom is 0.410 e. The molecule has 0 aromatic rings. The predicted octanol–water partition coefficient (Wildman–Crippen LogP) is 2.92. The molecule has 4 heteroatoms. The van der Waals surface area contributed by atoms with Crippen LogP contribution in [0.3, 0.4) is 0 Å². The van der Waals surface area contributed by atoms with Gasteiger partial charge in [0.1, 0.15) is 5.60 Å². The van der Waals surface area contributed by atoms with Gasteiger partial charge in [0.25, 0.3) is 0 Å². The largest absolute Gasteiger partial charge is 0.444 e. The van der Waals surface area contributed by atoms with Crippen molar-refractivity contribution >= 4 is 22.0 Å². The Morgan fingerprint density at radius 3 is 2.27 bits per heavy atom. The first-order valence-corrected chi connectivity index (χ1v) is 6.44. The number of amides is 1. The Morgan fingerprint density at radius 1 is 1.27 bits per heavy atom. The minimum absolute atomic E-state index is 0.136. The summed E-state index contributed by atoms with van der Waals surface area (Å²) in [4.78, 5) is 14.4. The molecule has 3 rings (SSSR count). The Hall–Kier alpha value is -0.250. The molecule has 2 saturated heterocycles. The molecule has 0 aromatic carbocycles. The number of halogens is 1. The summed E-state index contributed by atoms with van der Waals surface area (Å²) in [6.07, 6.45) is 3.15. The van der Waals surface area contributed by atoms with Crippen molar-refractivity contribution in [2.45, 2.75) is 62.5 Å². The van der Waals surface area contributed by atoms with Gasteiger partial charge in [0.05, 0.1) is 0 Å². The summed E-state index contributed by atoms with van der Waals surface area (Å²) < 4.78 is 5.38. The van der Waals surface area contributed by atoms with Gasteiger partial charge in [-0.15, -0.1) is 0 Å². The Labute approximate surface area is 99.3 Å². The zero-order valence-electron chi connectivity index (χ0n) is 9.50. The Kier molecular flexibility index (Phi) is 2.73. The highest BCUT2D eigenvalue weighted by Crippen LogP contribution is 2.41. The van der Waals surface area contributed by atoms with Crippen LogP contribution in [0.2, 0.25) is 0 Å². The number of piperidine rings is 1. The summed E-state index contributed by atoms with van der Waals surface area (Å²) >= 11 is 3.62. The number of hydrogen-bond donors (Lipinski definition) is 0. The van der Waals surface area contributed by atoms with Gasteiger partial charge in [-0.25, -0.2) is 4.79 Å². The van der Waals surface area contributed by atoms with E-state index in [2.05, 4.69) is 15.9 Å². The van der Waals surface area contributed by atoms with Crippen molar-refractivity contribution in [2.24, 2.45) is 0 Å². The summed E-state index contributed by atoms with van der Waals surface area (Å²) in [6, 6.07) is 0.811. The lowest BCUT2D eigenvalue weighted by Gasteiger charge is -2.53. The number of rotatable bonds is 0. The highest BCUT2D eigenvalue weighted by molar-refractivity contribution is 9.09. The standard InChI is InChI=1S/C11H18BrNO2/c1-11(2,3)15-10(14)13-8-4-7(12)5-9(13)6-8/h7-9H,4-6H2,1-3H3. The van der Waals surface area contributed by atoms with Gasteiger partial charge in [0, 0.05) is 16.9 Å². The second-order valence-corrected chi connectivity index (χ2v) is 6.79. The van der Waals surface area contributed by atoms with E-state index in [4.69, 9.17) is 4.74 Å². The number of hydrogen-bond acceptors (Lipinski definition) is 2. The third-order valence-corrected chi connectivity index (χ3v) is 3.74. The normalized spacial score (nSPS) is 34.7. The first-order valence-electron chi connectivity index (χ1n) is 5.52. The third-order valence-electron chi connectivity index (χ3n) is 2.99. The van der Waals surface area contributed by atoms with E-state index in [0.29, 0.717) is 16.9 Å². The van der Waals surface area contributed by atoms with E-state index in [-0.39, 0.29) is 11.7 Å². The van der Waals surface area contributed by atoms with Crippen LogP contribution in [0.5, 0.6) is 0 Å². The quantitative estimate of drug-likeness (QED) is 0.637. The van der Waals surface area contributed by atoms with Gasteiger partial charge in [-0.3, -0.25) is 0 Å². The SMILES string of the molecule is CC(C)(C)OC(=O)N1C2CC(Br)CC1C2. The van der Waals surface area contributed by atoms with Crippen molar-refractivity contribution in [1.29, 1.82) is 0 Å². The zero-order chi connectivity index (χ0) is 11.2. The number of fused-ring (bicyclic) bond motifs is 2. The minimum Gasteiger partial charge on any atom is -0.444 e. The average molecular weight is 276 g/mol. The fraction of sp³-hybridized carbons (Fsp3) is 0.909. The highest BCUT2D eigenvalue weighted by atomic mass is 79.9. The Bertz CT molecular complexity index is 262. The van der Waals surface area contributed by atoms with Crippen molar-refractivity contribution < 1.29 is 9.53 Å². The first-order chi connectivity index (χ1) is 6.87. The van der Waals surface area contributed by atoms with E-state index in [0.717, 1.165) is 19.3 Å². The maximum absolute atomic E-state index is 11.8. The molecule has 3 nitrogen and oxygen atoms in total. The van der Waals surface area contributed by atoms with Crippen molar-refractivity contribution in [3.05, 3.63) is 0 Å². The van der Waals surface area contributed by atoms with Gasteiger partial charge in [0.2, 0.25) is 0 Å². The number of ether oxygens (including phenoxy) is 1. The summed E-state index contributed by atoms with van der Waals surface area (Å²) in [5, 5.41) is 0. The molecule has 0 spiro atoms. The molecular weight excluding hydrogens is 258 g/mol. The lowest BCUT2D eigenvalue weighted by molar-refractivity contribution is -0.0491. The second kappa shape index (κ2) is 3.65. The van der Waals surface area contributed by atoms with E-state index in [1.54, 1.807) is 0 Å². The van der Waals surface area contributed by atoms with Crippen molar-refractivity contribution in [3.63, 3.8) is 0 Å². The molecule has 3 aliphatic rings. The van der Waals surface area contributed by atoms with Gasteiger partial charge < -0.3 is 9.64 Å². The van der Waals surface area contributed by atoms with Crippen molar-refractivity contribution in [3.8, 4) is 0 Å². The van der Waals surface area contributed by atoms with Gasteiger partial charge in [-0.05, 0) is 40.0 Å². The van der Waals surface area contributed by atoms with Crippen molar-refractivity contribution in [1.82, 2.24) is 4.90 Å². The molecule has 2 aliphatic heterocycles. The molecule has 1 aliphatic carbocycles. The van der Waals surface area contributed by atoms with E-state index >= 15 is 0 Å². The van der Waals surface area contributed by atoms with E-state index in [1.807, 2.05) is 25.7 Å². The lowest BCUT2D eigenvalue weighted by atomic mass is 9.80. The smallest absolute Gasteiger partial charge is 0.410 e. The Morgan fingerprint density at radius 2 is 1.80 bits per heavy atom. The zero-order valence-corrected chi connectivity index (χ0v) is 11.1. The third kappa shape index (κ3) is 2.30. The topological polar surface area (TPSA) is 29.5 Å². The van der Waals surface area contributed by atoms with Gasteiger partial charge >= 0.3 is 6.09 Å². The molecule has 0 aromatic heterocycles. The van der Waals surface area contributed by atoms with Gasteiger partial charge in [0.15, 0.2) is 0 Å². The van der Waals surface area contributed by atoms with E-state index in [9.17, 15) is 4.79 Å². The summed E-state index contributed by atoms with van der Waals surface area (Å²) in [5.74, 6) is 0. The molecular formula is C11H18BrNO2. The highest BCUT2D eigenvalue weighted by Gasteiger charge is 2.48. The van der Waals surface area contributed by atoms with E-state index in [1.165, 1.54) is 0 Å². The number of carbonyl (C=O) groups is 1. The monoisotopic (exact) mass is 275 g/mol. The molecule has 0 N–H and O–H groups in total. The Balaban J connectivity index is 1.94.